The second-order valence-electron chi connectivity index (χ2n) is 7.64. The molecule has 1 aliphatic rings. The van der Waals surface area contributed by atoms with Crippen LogP contribution in [0.2, 0.25) is 0 Å². The lowest BCUT2D eigenvalue weighted by atomic mass is 10.1. The first-order valence-corrected chi connectivity index (χ1v) is 9.77. The minimum Gasteiger partial charge on any atom is -0.369 e. The summed E-state index contributed by atoms with van der Waals surface area (Å²) in [5, 5.41) is 0. The first kappa shape index (κ1) is 19.1. The third-order valence-electron chi connectivity index (χ3n) is 5.46. The third-order valence-corrected chi connectivity index (χ3v) is 5.46. The lowest BCUT2D eigenvalue weighted by Crippen LogP contribution is -2.50. The number of carbonyl (C=O) groups is 2. The summed E-state index contributed by atoms with van der Waals surface area (Å²) in [5.74, 6) is -0.346. The fraction of sp³-hybridized carbons (Fsp3) is 0.318. The molecule has 0 radical (unpaired) electrons. The summed E-state index contributed by atoms with van der Waals surface area (Å²) in [6, 6.07) is 12.0. The summed E-state index contributed by atoms with van der Waals surface area (Å²) >= 11 is 0. The summed E-state index contributed by atoms with van der Waals surface area (Å²) in [6.07, 6.45) is 1.81. The average molecular weight is 391 g/mol. The first-order valence-electron chi connectivity index (χ1n) is 9.77. The van der Waals surface area contributed by atoms with Crippen LogP contribution < -0.4 is 5.73 Å². The monoisotopic (exact) mass is 391 g/mol. The van der Waals surface area contributed by atoms with Gasteiger partial charge in [0.25, 0.3) is 5.91 Å². The Morgan fingerprint density at radius 3 is 2.52 bits per heavy atom. The number of carbonyl (C=O) groups excluding carboxylic acids is 2. The van der Waals surface area contributed by atoms with Gasteiger partial charge in [0.05, 0.1) is 23.3 Å². The van der Waals surface area contributed by atoms with Gasteiger partial charge in [-0.15, -0.1) is 0 Å². The van der Waals surface area contributed by atoms with Crippen LogP contribution in [0.1, 0.15) is 21.5 Å². The van der Waals surface area contributed by atoms with Crippen molar-refractivity contribution >= 4 is 22.8 Å². The van der Waals surface area contributed by atoms with Gasteiger partial charge >= 0.3 is 0 Å². The molecule has 29 heavy (non-hydrogen) atoms. The first-order chi connectivity index (χ1) is 13.9. The van der Waals surface area contributed by atoms with Crippen LogP contribution in [0.25, 0.3) is 16.7 Å². The SMILES string of the molecule is Cc1ccc(C)c(-n2cnc3cc(C(=O)N4CCN(CC(N)=O)CC4)ccc32)c1. The second kappa shape index (κ2) is 7.67. The number of hydrogen-bond acceptors (Lipinski definition) is 4. The van der Waals surface area contributed by atoms with E-state index in [4.69, 9.17) is 5.73 Å². The molecule has 1 fully saturated rings. The molecule has 0 atom stereocenters. The molecule has 2 amide bonds. The molecule has 2 N–H and O–H groups in total. The minimum atomic E-state index is -0.338. The Bertz CT molecular complexity index is 1080. The van der Waals surface area contributed by atoms with Gasteiger partial charge in [0.1, 0.15) is 6.33 Å². The van der Waals surface area contributed by atoms with Gasteiger partial charge in [0, 0.05) is 31.7 Å². The standard InChI is InChI=1S/C22H25N5O2/c1-15-3-4-16(2)20(11-15)27-14-24-18-12-17(5-6-19(18)27)22(29)26-9-7-25(8-10-26)13-21(23)28/h3-6,11-12,14H,7-10,13H2,1-2H3,(H2,23,28). The fourth-order valence-corrected chi connectivity index (χ4v) is 3.83. The van der Waals surface area contributed by atoms with Crippen LogP contribution in [-0.4, -0.2) is 63.9 Å². The van der Waals surface area contributed by atoms with Crippen LogP contribution in [0, 0.1) is 13.8 Å². The molecular weight excluding hydrogens is 366 g/mol. The van der Waals surface area contributed by atoms with Crippen LogP contribution >= 0.6 is 0 Å². The van der Waals surface area contributed by atoms with Gasteiger partial charge in [-0.2, -0.15) is 0 Å². The average Bonchev–Trinajstić information content (AvgIpc) is 3.12. The molecule has 0 bridgehead atoms. The topological polar surface area (TPSA) is 84.5 Å². The molecular formula is C22H25N5O2. The number of rotatable bonds is 4. The van der Waals surface area contributed by atoms with E-state index in [1.165, 1.54) is 11.1 Å². The van der Waals surface area contributed by atoms with Crippen LogP contribution in [0.15, 0.2) is 42.7 Å². The number of aryl methyl sites for hydroxylation is 2. The molecule has 0 aliphatic carbocycles. The van der Waals surface area contributed by atoms with Gasteiger partial charge in [-0.3, -0.25) is 19.1 Å². The molecule has 1 aromatic heterocycles. The molecule has 1 aliphatic heterocycles. The number of nitrogens with two attached hydrogens (primary N) is 1. The van der Waals surface area contributed by atoms with Gasteiger partial charge in [-0.25, -0.2) is 4.98 Å². The number of piperazine rings is 1. The van der Waals surface area contributed by atoms with Crippen molar-refractivity contribution in [2.24, 2.45) is 5.73 Å². The van der Waals surface area contributed by atoms with Crippen molar-refractivity contribution in [2.45, 2.75) is 13.8 Å². The van der Waals surface area contributed by atoms with Crippen molar-refractivity contribution in [2.75, 3.05) is 32.7 Å². The normalized spacial score (nSPS) is 15.0. The van der Waals surface area contributed by atoms with Crippen LogP contribution in [0.4, 0.5) is 0 Å². The highest BCUT2D eigenvalue weighted by atomic mass is 16.2. The number of fused-ring (bicyclic) bond motifs is 1. The van der Waals surface area contributed by atoms with E-state index in [2.05, 4.69) is 41.6 Å². The molecule has 0 unspecified atom stereocenters. The lowest BCUT2D eigenvalue weighted by Gasteiger charge is -2.34. The molecule has 0 spiro atoms. The molecule has 7 nitrogen and oxygen atoms in total. The molecule has 4 rings (SSSR count). The maximum atomic E-state index is 12.9. The molecule has 3 aromatic rings. The van der Waals surface area contributed by atoms with E-state index in [1.807, 2.05) is 34.3 Å². The largest absolute Gasteiger partial charge is 0.369 e. The maximum absolute atomic E-state index is 12.9. The Hall–Kier alpha value is -3.19. The second-order valence-corrected chi connectivity index (χ2v) is 7.64. The van der Waals surface area contributed by atoms with Gasteiger partial charge in [-0.05, 0) is 49.2 Å². The van der Waals surface area contributed by atoms with Crippen molar-refractivity contribution in [1.82, 2.24) is 19.4 Å². The van der Waals surface area contributed by atoms with E-state index in [1.54, 1.807) is 0 Å². The summed E-state index contributed by atoms with van der Waals surface area (Å²) in [7, 11) is 0. The molecule has 7 heteroatoms. The number of hydrogen-bond donors (Lipinski definition) is 1. The molecule has 1 saturated heterocycles. The number of benzene rings is 2. The highest BCUT2D eigenvalue weighted by Crippen LogP contribution is 2.23. The number of nitrogens with zero attached hydrogens (tertiary/aromatic N) is 4. The Morgan fingerprint density at radius 2 is 1.79 bits per heavy atom. The maximum Gasteiger partial charge on any atom is 0.254 e. The van der Waals surface area contributed by atoms with Gasteiger partial charge < -0.3 is 10.6 Å². The highest BCUT2D eigenvalue weighted by Gasteiger charge is 2.23. The zero-order valence-corrected chi connectivity index (χ0v) is 16.8. The van der Waals surface area contributed by atoms with Crippen LogP contribution in [0.5, 0.6) is 0 Å². The van der Waals surface area contributed by atoms with E-state index in [0.717, 1.165) is 16.7 Å². The minimum absolute atomic E-state index is 0.00749. The Labute approximate surface area is 169 Å². The summed E-state index contributed by atoms with van der Waals surface area (Å²) in [5.41, 5.74) is 11.1. The number of aromatic nitrogens is 2. The zero-order valence-electron chi connectivity index (χ0n) is 16.8. The quantitative estimate of drug-likeness (QED) is 0.736. The van der Waals surface area contributed by atoms with Crippen molar-refractivity contribution in [3.8, 4) is 5.69 Å². The van der Waals surface area contributed by atoms with Crippen LogP contribution in [0.3, 0.4) is 0 Å². The highest BCUT2D eigenvalue weighted by molar-refractivity contribution is 5.97. The van der Waals surface area contributed by atoms with E-state index in [0.29, 0.717) is 31.7 Å². The van der Waals surface area contributed by atoms with Crippen molar-refractivity contribution < 1.29 is 9.59 Å². The van der Waals surface area contributed by atoms with Crippen LogP contribution in [-0.2, 0) is 4.79 Å². The van der Waals surface area contributed by atoms with Gasteiger partial charge in [0.15, 0.2) is 0 Å². The summed E-state index contributed by atoms with van der Waals surface area (Å²) < 4.78 is 2.06. The number of primary amides is 1. The Balaban J connectivity index is 1.55. The van der Waals surface area contributed by atoms with Crippen molar-refractivity contribution in [3.05, 3.63) is 59.4 Å². The fourth-order valence-electron chi connectivity index (χ4n) is 3.83. The summed E-state index contributed by atoms with van der Waals surface area (Å²) in [4.78, 5) is 32.3. The van der Waals surface area contributed by atoms with E-state index in [-0.39, 0.29) is 18.4 Å². The predicted octanol–water partition coefficient (Wildman–Crippen LogP) is 1.89. The molecule has 0 saturated carbocycles. The number of amides is 2. The van der Waals surface area contributed by atoms with E-state index < -0.39 is 0 Å². The summed E-state index contributed by atoms with van der Waals surface area (Å²) in [6.45, 7) is 6.86. The smallest absolute Gasteiger partial charge is 0.254 e. The predicted molar refractivity (Wildman–Crippen MR) is 112 cm³/mol. The third kappa shape index (κ3) is 3.86. The molecule has 2 aromatic carbocycles. The lowest BCUT2D eigenvalue weighted by molar-refractivity contribution is -0.119. The van der Waals surface area contributed by atoms with E-state index in [9.17, 15) is 9.59 Å². The van der Waals surface area contributed by atoms with E-state index >= 15 is 0 Å². The molecule has 2 heterocycles. The van der Waals surface area contributed by atoms with Gasteiger partial charge in [0.2, 0.25) is 5.91 Å². The zero-order chi connectivity index (χ0) is 20.5. The Kier molecular flexibility index (Phi) is 5.07. The Morgan fingerprint density at radius 1 is 1.03 bits per heavy atom. The van der Waals surface area contributed by atoms with Crippen molar-refractivity contribution in [1.29, 1.82) is 0 Å². The van der Waals surface area contributed by atoms with Gasteiger partial charge in [-0.1, -0.05) is 12.1 Å². The molecule has 150 valence electrons. The van der Waals surface area contributed by atoms with Crippen molar-refractivity contribution in [3.63, 3.8) is 0 Å². The number of imidazole rings is 1.